The van der Waals surface area contributed by atoms with Gasteiger partial charge in [-0.1, -0.05) is 53.2 Å². The van der Waals surface area contributed by atoms with Crippen molar-refractivity contribution in [1.29, 1.82) is 0 Å². The van der Waals surface area contributed by atoms with E-state index in [0.29, 0.717) is 24.1 Å². The third-order valence-electron chi connectivity index (χ3n) is 4.16. The minimum Gasteiger partial charge on any atom is -0.486 e. The van der Waals surface area contributed by atoms with Gasteiger partial charge in [-0.15, -0.1) is 16.8 Å². The van der Waals surface area contributed by atoms with Crippen LogP contribution in [0.3, 0.4) is 0 Å². The Morgan fingerprint density at radius 2 is 1.76 bits per heavy atom. The van der Waals surface area contributed by atoms with Crippen molar-refractivity contribution in [2.24, 2.45) is 0 Å². The van der Waals surface area contributed by atoms with Crippen LogP contribution in [-0.4, -0.2) is 26.4 Å². The summed E-state index contributed by atoms with van der Waals surface area (Å²) in [5.74, 6) is 1.61. The fourth-order valence-corrected chi connectivity index (χ4v) is 3.36. The molecule has 29 heavy (non-hydrogen) atoms. The maximum absolute atomic E-state index is 12.3. The molecule has 1 heterocycles. The quantitative estimate of drug-likeness (QED) is 0.420. The summed E-state index contributed by atoms with van der Waals surface area (Å²) in [7, 11) is 0. The lowest BCUT2D eigenvalue weighted by atomic mass is 10.2. The van der Waals surface area contributed by atoms with Crippen molar-refractivity contribution in [3.63, 3.8) is 0 Å². The van der Waals surface area contributed by atoms with Crippen LogP contribution in [0.1, 0.15) is 17.0 Å². The Hall–Kier alpha value is -3.06. The van der Waals surface area contributed by atoms with Gasteiger partial charge in [0, 0.05) is 12.2 Å². The van der Waals surface area contributed by atoms with E-state index in [2.05, 4.69) is 22.1 Å². The molecule has 0 atom stereocenters. The van der Waals surface area contributed by atoms with Gasteiger partial charge < -0.3 is 10.1 Å². The van der Waals surface area contributed by atoms with Gasteiger partial charge >= 0.3 is 0 Å². The third-order valence-corrected chi connectivity index (χ3v) is 5.13. The van der Waals surface area contributed by atoms with Crippen molar-refractivity contribution in [3.05, 3.63) is 78.1 Å². The zero-order valence-corrected chi connectivity index (χ0v) is 17.4. The number of ether oxygens (including phenoxy) is 1. The van der Waals surface area contributed by atoms with Gasteiger partial charge in [0.05, 0.1) is 5.75 Å². The first kappa shape index (κ1) is 20.7. The van der Waals surface area contributed by atoms with Gasteiger partial charge in [0.2, 0.25) is 5.91 Å². The minimum atomic E-state index is -0.0931. The first-order chi connectivity index (χ1) is 14.0. The highest BCUT2D eigenvalue weighted by atomic mass is 32.2. The maximum Gasteiger partial charge on any atom is 0.234 e. The monoisotopic (exact) mass is 408 g/mol. The highest BCUT2D eigenvalue weighted by molar-refractivity contribution is 7.99. The van der Waals surface area contributed by atoms with E-state index in [1.54, 1.807) is 6.08 Å². The number of rotatable bonds is 9. The third kappa shape index (κ3) is 5.96. The molecule has 6 nitrogen and oxygen atoms in total. The largest absolute Gasteiger partial charge is 0.486 e. The van der Waals surface area contributed by atoms with Crippen molar-refractivity contribution < 1.29 is 9.53 Å². The summed E-state index contributed by atoms with van der Waals surface area (Å²) in [5.41, 5.74) is 3.10. The summed E-state index contributed by atoms with van der Waals surface area (Å²) < 4.78 is 7.72. The molecule has 0 saturated carbocycles. The number of carbonyl (C=O) groups excluding carboxylic acids is 1. The second kappa shape index (κ2) is 9.93. The normalized spacial score (nSPS) is 10.6. The molecule has 0 aliphatic carbocycles. The predicted molar refractivity (Wildman–Crippen MR) is 116 cm³/mol. The zero-order valence-electron chi connectivity index (χ0n) is 16.6. The molecule has 0 bridgehead atoms. The number of aryl methyl sites for hydroxylation is 2. The summed E-state index contributed by atoms with van der Waals surface area (Å²) in [6, 6.07) is 15.5. The first-order valence-corrected chi connectivity index (χ1v) is 10.3. The SMILES string of the molecule is C=CCn1c(COc2ccc(C)cc2)nnc1SCC(=O)Nc1ccc(C)cc1. The van der Waals surface area contributed by atoms with Gasteiger partial charge in [0.25, 0.3) is 0 Å². The van der Waals surface area contributed by atoms with Crippen molar-refractivity contribution in [2.75, 3.05) is 11.1 Å². The fraction of sp³-hybridized carbons (Fsp3) is 0.227. The molecule has 1 aromatic heterocycles. The summed E-state index contributed by atoms with van der Waals surface area (Å²) in [4.78, 5) is 12.3. The standard InChI is InChI=1S/C22H24N4O2S/c1-4-13-26-20(14-28-19-11-7-17(3)8-12-19)24-25-22(26)29-15-21(27)23-18-9-5-16(2)6-10-18/h4-12H,1,13-15H2,2-3H3,(H,23,27). The lowest BCUT2D eigenvalue weighted by Gasteiger charge is -2.09. The number of hydrogen-bond acceptors (Lipinski definition) is 5. The maximum atomic E-state index is 12.3. The number of hydrogen-bond donors (Lipinski definition) is 1. The van der Waals surface area contributed by atoms with E-state index in [0.717, 1.165) is 17.0 Å². The molecule has 3 rings (SSSR count). The Morgan fingerprint density at radius 1 is 1.10 bits per heavy atom. The number of aromatic nitrogens is 3. The van der Waals surface area contributed by atoms with E-state index in [1.165, 1.54) is 17.3 Å². The Labute approximate surface area is 175 Å². The van der Waals surface area contributed by atoms with Gasteiger partial charge in [-0.2, -0.15) is 0 Å². The molecule has 0 unspecified atom stereocenters. The molecule has 1 amide bonds. The molecule has 0 saturated heterocycles. The van der Waals surface area contributed by atoms with Gasteiger partial charge in [0.1, 0.15) is 12.4 Å². The Bertz CT molecular complexity index is 965. The van der Waals surface area contributed by atoms with Gasteiger partial charge in [-0.25, -0.2) is 0 Å². The molecule has 1 N–H and O–H groups in total. The number of benzene rings is 2. The molecule has 7 heteroatoms. The van der Waals surface area contributed by atoms with Crippen LogP contribution in [0.25, 0.3) is 0 Å². The number of thioether (sulfide) groups is 1. The molecule has 0 radical (unpaired) electrons. The number of nitrogens with one attached hydrogen (secondary N) is 1. The van der Waals surface area contributed by atoms with Crippen LogP contribution in [0.15, 0.2) is 66.3 Å². The van der Waals surface area contributed by atoms with E-state index < -0.39 is 0 Å². The smallest absolute Gasteiger partial charge is 0.234 e. The van der Waals surface area contributed by atoms with Crippen molar-refractivity contribution in [2.45, 2.75) is 32.2 Å². The molecule has 150 valence electrons. The second-order valence-corrected chi connectivity index (χ2v) is 7.55. The van der Waals surface area contributed by atoms with Gasteiger partial charge in [-0.05, 0) is 38.1 Å². The summed E-state index contributed by atoms with van der Waals surface area (Å²) in [5, 5.41) is 12.0. The Balaban J connectivity index is 1.59. The molecule has 0 aliphatic heterocycles. The van der Waals surface area contributed by atoms with Crippen molar-refractivity contribution >= 4 is 23.4 Å². The Morgan fingerprint density at radius 3 is 2.41 bits per heavy atom. The average Bonchev–Trinajstić information content (AvgIpc) is 3.10. The molecular weight excluding hydrogens is 384 g/mol. The van der Waals surface area contributed by atoms with Crippen LogP contribution in [0.4, 0.5) is 5.69 Å². The number of amides is 1. The summed E-state index contributed by atoms with van der Waals surface area (Å²) >= 11 is 1.34. The van der Waals surface area contributed by atoms with E-state index in [4.69, 9.17) is 4.74 Å². The second-order valence-electron chi connectivity index (χ2n) is 6.60. The predicted octanol–water partition coefficient (Wildman–Crippen LogP) is 4.39. The minimum absolute atomic E-state index is 0.0931. The van der Waals surface area contributed by atoms with Crippen LogP contribution in [-0.2, 0) is 17.9 Å². The van der Waals surface area contributed by atoms with Crippen LogP contribution < -0.4 is 10.1 Å². The first-order valence-electron chi connectivity index (χ1n) is 9.27. The summed E-state index contributed by atoms with van der Waals surface area (Å²) in [6.45, 7) is 8.67. The van der Waals surface area contributed by atoms with Crippen molar-refractivity contribution in [1.82, 2.24) is 14.8 Å². The molecule has 2 aromatic carbocycles. The van der Waals surface area contributed by atoms with Crippen LogP contribution >= 0.6 is 11.8 Å². The van der Waals surface area contributed by atoms with E-state index >= 15 is 0 Å². The topological polar surface area (TPSA) is 69.0 Å². The van der Waals surface area contributed by atoms with Crippen LogP contribution in [0, 0.1) is 13.8 Å². The fourth-order valence-electron chi connectivity index (χ4n) is 2.59. The van der Waals surface area contributed by atoms with Crippen LogP contribution in [0.5, 0.6) is 5.75 Å². The zero-order chi connectivity index (χ0) is 20.6. The number of anilines is 1. The molecular formula is C22H24N4O2S. The molecule has 0 aliphatic rings. The molecule has 3 aromatic rings. The van der Waals surface area contributed by atoms with E-state index in [1.807, 2.05) is 66.9 Å². The molecule has 0 spiro atoms. The Kier molecular flexibility index (Phi) is 7.08. The van der Waals surface area contributed by atoms with E-state index in [-0.39, 0.29) is 11.7 Å². The van der Waals surface area contributed by atoms with Gasteiger partial charge in [-0.3, -0.25) is 9.36 Å². The van der Waals surface area contributed by atoms with E-state index in [9.17, 15) is 4.79 Å². The van der Waals surface area contributed by atoms with Crippen LogP contribution in [0.2, 0.25) is 0 Å². The number of nitrogens with zero attached hydrogens (tertiary/aromatic N) is 3. The lowest BCUT2D eigenvalue weighted by molar-refractivity contribution is -0.113. The molecule has 0 fully saturated rings. The average molecular weight is 409 g/mol. The number of carbonyl (C=O) groups is 1. The highest BCUT2D eigenvalue weighted by Crippen LogP contribution is 2.20. The highest BCUT2D eigenvalue weighted by Gasteiger charge is 2.14. The number of allylic oxidation sites excluding steroid dienone is 1. The van der Waals surface area contributed by atoms with Crippen molar-refractivity contribution in [3.8, 4) is 5.75 Å². The lowest BCUT2D eigenvalue weighted by Crippen LogP contribution is -2.15. The summed E-state index contributed by atoms with van der Waals surface area (Å²) in [6.07, 6.45) is 1.77. The van der Waals surface area contributed by atoms with Gasteiger partial charge in [0.15, 0.2) is 11.0 Å².